The van der Waals surface area contributed by atoms with Crippen molar-refractivity contribution in [3.05, 3.63) is 78.5 Å². The van der Waals surface area contributed by atoms with Crippen LogP contribution in [0.25, 0.3) is 0 Å². The summed E-state index contributed by atoms with van der Waals surface area (Å²) in [4.78, 5) is 24.2. The first-order valence-electron chi connectivity index (χ1n) is 11.6. The number of amides is 1. The number of nitrogens with zero attached hydrogens (tertiary/aromatic N) is 4. The third kappa shape index (κ3) is 7.45. The fourth-order valence-corrected chi connectivity index (χ4v) is 3.65. The van der Waals surface area contributed by atoms with Crippen molar-refractivity contribution in [2.45, 2.75) is 32.2 Å². The number of hydrogen-bond acceptors (Lipinski definition) is 7. The van der Waals surface area contributed by atoms with E-state index in [2.05, 4.69) is 51.4 Å². The van der Waals surface area contributed by atoms with Crippen molar-refractivity contribution in [1.29, 1.82) is 0 Å². The highest BCUT2D eigenvalue weighted by molar-refractivity contribution is 5.85. The lowest BCUT2D eigenvalue weighted by atomic mass is 10.1. The molecule has 3 N–H and O–H groups in total. The normalized spacial score (nSPS) is 13.8. The number of aromatic nitrogens is 2. The summed E-state index contributed by atoms with van der Waals surface area (Å²) < 4.78 is 4.79. The van der Waals surface area contributed by atoms with Gasteiger partial charge in [-0.1, -0.05) is 48.5 Å². The molecule has 0 radical (unpaired) electrons. The molecule has 0 spiro atoms. The first kappa shape index (κ1) is 25.0. The van der Waals surface area contributed by atoms with E-state index < -0.39 is 6.09 Å². The van der Waals surface area contributed by atoms with Crippen LogP contribution in [-0.2, 0) is 4.74 Å². The van der Waals surface area contributed by atoms with Crippen molar-refractivity contribution >= 4 is 23.5 Å². The van der Waals surface area contributed by atoms with Crippen LogP contribution in [-0.4, -0.2) is 42.9 Å². The second-order valence-corrected chi connectivity index (χ2v) is 8.03. The van der Waals surface area contributed by atoms with Crippen molar-refractivity contribution in [3.8, 4) is 0 Å². The standard InChI is InChI=1S/C20H28N6O2.C6H6/c1-15(16-6-8-17(9-7-16)26-12-4-3-5-13-26)23-19-22-11-10-18(24-19)25(2)20(27)28-14-21;1-2-4-6-5-3-1/h6-11,15H,3-5,12-14,21H2,1-2H3,(H,22,23,24);1-6H. The summed E-state index contributed by atoms with van der Waals surface area (Å²) in [6.45, 7) is 4.14. The second-order valence-electron chi connectivity index (χ2n) is 8.03. The van der Waals surface area contributed by atoms with Gasteiger partial charge < -0.3 is 15.0 Å². The van der Waals surface area contributed by atoms with Crippen LogP contribution in [0.15, 0.2) is 72.9 Å². The minimum absolute atomic E-state index is 0.0203. The zero-order valence-electron chi connectivity index (χ0n) is 19.9. The third-order valence-electron chi connectivity index (χ3n) is 5.59. The number of rotatable bonds is 6. The summed E-state index contributed by atoms with van der Waals surface area (Å²) in [5, 5.41) is 3.28. The van der Waals surface area contributed by atoms with Gasteiger partial charge in [0.2, 0.25) is 5.95 Å². The Bertz CT molecular complexity index is 967. The molecule has 2 aromatic carbocycles. The molecule has 0 aliphatic carbocycles. The minimum atomic E-state index is -0.562. The molecular formula is C26H34N6O2. The number of benzene rings is 2. The fraction of sp³-hybridized carbons (Fsp3) is 0.346. The number of nitrogens with two attached hydrogens (primary N) is 1. The Morgan fingerprint density at radius 1 is 1.06 bits per heavy atom. The van der Waals surface area contributed by atoms with Crippen molar-refractivity contribution < 1.29 is 9.53 Å². The van der Waals surface area contributed by atoms with E-state index in [-0.39, 0.29) is 12.8 Å². The maximum Gasteiger partial charge on any atom is 0.416 e. The third-order valence-corrected chi connectivity index (χ3v) is 5.59. The van der Waals surface area contributed by atoms with E-state index in [1.807, 2.05) is 36.4 Å². The molecule has 0 bridgehead atoms. The molecule has 8 heteroatoms. The average Bonchev–Trinajstić information content (AvgIpc) is 2.90. The Morgan fingerprint density at radius 2 is 1.68 bits per heavy atom. The monoisotopic (exact) mass is 462 g/mol. The molecule has 8 nitrogen and oxygen atoms in total. The van der Waals surface area contributed by atoms with Crippen molar-refractivity contribution in [3.63, 3.8) is 0 Å². The summed E-state index contributed by atoms with van der Waals surface area (Å²) in [6, 6.07) is 22.3. The topological polar surface area (TPSA) is 96.6 Å². The number of piperidine rings is 1. The van der Waals surface area contributed by atoms with Crippen LogP contribution >= 0.6 is 0 Å². The van der Waals surface area contributed by atoms with Gasteiger partial charge in [0, 0.05) is 32.0 Å². The van der Waals surface area contributed by atoms with E-state index in [0.29, 0.717) is 11.8 Å². The molecule has 1 amide bonds. The number of hydrogen-bond donors (Lipinski definition) is 2. The molecule has 1 unspecified atom stereocenters. The van der Waals surface area contributed by atoms with Gasteiger partial charge in [-0.3, -0.25) is 10.6 Å². The number of carbonyl (C=O) groups excluding carboxylic acids is 1. The zero-order valence-corrected chi connectivity index (χ0v) is 19.9. The molecule has 4 rings (SSSR count). The summed E-state index contributed by atoms with van der Waals surface area (Å²) in [5.41, 5.74) is 7.66. The van der Waals surface area contributed by atoms with Gasteiger partial charge in [0.05, 0.1) is 6.04 Å². The van der Waals surface area contributed by atoms with Gasteiger partial charge in [-0.25, -0.2) is 9.78 Å². The predicted molar refractivity (Wildman–Crippen MR) is 137 cm³/mol. The highest BCUT2D eigenvalue weighted by Gasteiger charge is 2.15. The molecule has 0 saturated carbocycles. The molecular weight excluding hydrogens is 428 g/mol. The van der Waals surface area contributed by atoms with E-state index in [1.54, 1.807) is 19.3 Å². The number of anilines is 3. The van der Waals surface area contributed by atoms with Gasteiger partial charge in [0.25, 0.3) is 0 Å². The van der Waals surface area contributed by atoms with Crippen LogP contribution in [0.5, 0.6) is 0 Å². The Morgan fingerprint density at radius 3 is 2.26 bits per heavy atom. The van der Waals surface area contributed by atoms with Gasteiger partial charge in [0.1, 0.15) is 12.5 Å². The average molecular weight is 463 g/mol. The molecule has 1 aliphatic rings. The minimum Gasteiger partial charge on any atom is -0.433 e. The molecule has 3 aromatic rings. The van der Waals surface area contributed by atoms with Gasteiger partial charge in [-0.05, 0) is 49.9 Å². The first-order chi connectivity index (χ1) is 16.6. The largest absolute Gasteiger partial charge is 0.433 e. The SMILES string of the molecule is CC(Nc1nccc(N(C)C(=O)OCN)n1)c1ccc(N2CCCCC2)cc1.c1ccccc1. The van der Waals surface area contributed by atoms with E-state index in [0.717, 1.165) is 18.7 Å². The molecule has 180 valence electrons. The van der Waals surface area contributed by atoms with Crippen molar-refractivity contribution in [2.75, 3.05) is 42.0 Å². The number of ether oxygens (including phenoxy) is 1. The van der Waals surface area contributed by atoms with Crippen LogP contribution in [0.2, 0.25) is 0 Å². The Labute approximate surface area is 201 Å². The summed E-state index contributed by atoms with van der Waals surface area (Å²) in [6.07, 6.45) is 4.89. The van der Waals surface area contributed by atoms with Crippen LogP contribution in [0, 0.1) is 0 Å². The molecule has 1 atom stereocenters. The van der Waals surface area contributed by atoms with E-state index in [1.165, 1.54) is 29.8 Å². The van der Waals surface area contributed by atoms with Crippen LogP contribution in [0.4, 0.5) is 22.2 Å². The van der Waals surface area contributed by atoms with Crippen LogP contribution < -0.4 is 20.9 Å². The second kappa shape index (κ2) is 13.2. The molecule has 2 heterocycles. The highest BCUT2D eigenvalue weighted by atomic mass is 16.6. The quantitative estimate of drug-likeness (QED) is 0.507. The maximum absolute atomic E-state index is 11.8. The lowest BCUT2D eigenvalue weighted by Gasteiger charge is -2.29. The number of nitrogens with one attached hydrogen (secondary N) is 1. The predicted octanol–water partition coefficient (Wildman–Crippen LogP) is 4.82. The Hall–Kier alpha value is -3.65. The van der Waals surface area contributed by atoms with Crippen LogP contribution in [0.3, 0.4) is 0 Å². The van der Waals surface area contributed by atoms with Crippen molar-refractivity contribution in [1.82, 2.24) is 9.97 Å². The lowest BCUT2D eigenvalue weighted by Crippen LogP contribution is -2.30. The smallest absolute Gasteiger partial charge is 0.416 e. The summed E-state index contributed by atoms with van der Waals surface area (Å²) in [5.74, 6) is 0.876. The zero-order chi connectivity index (χ0) is 24.2. The Balaban J connectivity index is 0.000000469. The molecule has 1 fully saturated rings. The van der Waals surface area contributed by atoms with E-state index in [9.17, 15) is 4.79 Å². The molecule has 1 aliphatic heterocycles. The Kier molecular flexibility index (Phi) is 9.66. The lowest BCUT2D eigenvalue weighted by molar-refractivity contribution is 0.158. The van der Waals surface area contributed by atoms with Gasteiger partial charge >= 0.3 is 6.09 Å². The molecule has 1 aromatic heterocycles. The first-order valence-corrected chi connectivity index (χ1v) is 11.6. The van der Waals surface area contributed by atoms with Gasteiger partial charge in [0.15, 0.2) is 0 Å². The molecule has 34 heavy (non-hydrogen) atoms. The van der Waals surface area contributed by atoms with Crippen LogP contribution in [0.1, 0.15) is 37.8 Å². The highest BCUT2D eigenvalue weighted by Crippen LogP contribution is 2.24. The van der Waals surface area contributed by atoms with Crippen molar-refractivity contribution in [2.24, 2.45) is 5.73 Å². The van der Waals surface area contributed by atoms with E-state index in [4.69, 9.17) is 10.5 Å². The van der Waals surface area contributed by atoms with E-state index >= 15 is 0 Å². The molecule has 1 saturated heterocycles. The number of carbonyl (C=O) groups is 1. The fourth-order valence-electron chi connectivity index (χ4n) is 3.65. The summed E-state index contributed by atoms with van der Waals surface area (Å²) >= 11 is 0. The van der Waals surface area contributed by atoms with Gasteiger partial charge in [-0.2, -0.15) is 4.98 Å². The maximum atomic E-state index is 11.8. The summed E-state index contributed by atoms with van der Waals surface area (Å²) in [7, 11) is 1.58. The van der Waals surface area contributed by atoms with Gasteiger partial charge in [-0.15, -0.1) is 0 Å².